The molecule has 1 aliphatic rings. The Morgan fingerprint density at radius 2 is 2.04 bits per heavy atom. The number of tetrazole rings is 1. The monoisotopic (exact) mass is 385 g/mol. The lowest BCUT2D eigenvalue weighted by atomic mass is 9.92. The Labute approximate surface area is 160 Å². The van der Waals surface area contributed by atoms with E-state index in [4.69, 9.17) is 4.74 Å². The lowest BCUT2D eigenvalue weighted by Gasteiger charge is -2.22. The predicted molar refractivity (Wildman–Crippen MR) is 97.2 cm³/mol. The van der Waals surface area contributed by atoms with Crippen LogP contribution in [0, 0.1) is 0 Å². The Balaban J connectivity index is 1.70. The van der Waals surface area contributed by atoms with Crippen LogP contribution < -0.4 is 15.4 Å². The van der Waals surface area contributed by atoms with Crippen LogP contribution in [0.5, 0.6) is 5.75 Å². The minimum Gasteiger partial charge on any atom is -0.489 e. The number of carbonyl (C=O) groups is 3. The number of hydrogen-bond acceptors (Lipinski definition) is 7. The number of aromatic nitrogens is 4. The minimum absolute atomic E-state index is 0.0508. The first kappa shape index (κ1) is 19.0. The normalized spacial score (nSPS) is 18.7. The van der Waals surface area contributed by atoms with E-state index in [2.05, 4.69) is 37.8 Å². The zero-order valence-electron chi connectivity index (χ0n) is 15.4. The number of carbonyl (C=O) groups excluding carboxylic acids is 3. The molecule has 0 bridgehead atoms. The van der Waals surface area contributed by atoms with Gasteiger partial charge in [0.15, 0.2) is 0 Å². The van der Waals surface area contributed by atoms with Crippen molar-refractivity contribution in [2.24, 2.45) is 0 Å². The van der Waals surface area contributed by atoms with Crippen molar-refractivity contribution in [3.05, 3.63) is 42.0 Å². The summed E-state index contributed by atoms with van der Waals surface area (Å²) in [5.74, 6) is -0.609. The molecule has 28 heavy (non-hydrogen) atoms. The van der Waals surface area contributed by atoms with Crippen molar-refractivity contribution in [1.82, 2.24) is 30.8 Å². The number of H-pyrrole nitrogens is 1. The van der Waals surface area contributed by atoms with Gasteiger partial charge in [0.25, 0.3) is 11.9 Å². The summed E-state index contributed by atoms with van der Waals surface area (Å²) in [5, 5.41) is 17.6. The molecule has 11 nitrogen and oxygen atoms in total. The summed E-state index contributed by atoms with van der Waals surface area (Å²) in [6.45, 7) is 7.10. The van der Waals surface area contributed by atoms with Crippen LogP contribution in [0.25, 0.3) is 0 Å². The number of hydrogen-bond donors (Lipinski definition) is 3. The van der Waals surface area contributed by atoms with Gasteiger partial charge in [-0.1, -0.05) is 23.8 Å². The number of ether oxygens (including phenoxy) is 1. The maximum atomic E-state index is 12.8. The second-order valence-corrected chi connectivity index (χ2v) is 6.50. The predicted octanol–water partition coefficient (Wildman–Crippen LogP) is 0.560. The van der Waals surface area contributed by atoms with Crippen molar-refractivity contribution >= 4 is 23.8 Å². The van der Waals surface area contributed by atoms with Gasteiger partial charge in [0.1, 0.15) is 24.4 Å². The molecular formula is C17H19N7O4. The van der Waals surface area contributed by atoms with Gasteiger partial charge in [0.2, 0.25) is 5.91 Å². The molecule has 0 radical (unpaired) electrons. The highest BCUT2D eigenvalue weighted by molar-refractivity contribution is 6.10. The van der Waals surface area contributed by atoms with E-state index in [9.17, 15) is 14.4 Å². The average Bonchev–Trinajstić information content (AvgIpc) is 3.23. The molecule has 2 heterocycles. The molecule has 0 spiro atoms. The third-order valence-corrected chi connectivity index (χ3v) is 4.09. The largest absolute Gasteiger partial charge is 0.489 e. The summed E-state index contributed by atoms with van der Waals surface area (Å²) in [6.07, 6.45) is 0. The number of amides is 4. The lowest BCUT2D eigenvalue weighted by molar-refractivity contribution is -0.133. The molecule has 2 aromatic rings. The van der Waals surface area contributed by atoms with Crippen molar-refractivity contribution in [3.63, 3.8) is 0 Å². The molecular weight excluding hydrogens is 366 g/mol. The Hall–Kier alpha value is -3.76. The number of aromatic amines is 1. The van der Waals surface area contributed by atoms with Crippen LogP contribution in [-0.4, -0.2) is 56.5 Å². The van der Waals surface area contributed by atoms with Crippen LogP contribution in [0.3, 0.4) is 0 Å². The molecule has 1 aromatic heterocycles. The summed E-state index contributed by atoms with van der Waals surface area (Å²) < 4.78 is 5.53. The summed E-state index contributed by atoms with van der Waals surface area (Å²) in [5.41, 5.74) is 0.148. The molecule has 1 aliphatic heterocycles. The van der Waals surface area contributed by atoms with Gasteiger partial charge < -0.3 is 10.1 Å². The van der Waals surface area contributed by atoms with Crippen molar-refractivity contribution in [2.45, 2.75) is 19.4 Å². The van der Waals surface area contributed by atoms with E-state index in [1.165, 1.54) is 0 Å². The molecule has 146 valence electrons. The summed E-state index contributed by atoms with van der Waals surface area (Å²) in [4.78, 5) is 38.0. The summed E-state index contributed by atoms with van der Waals surface area (Å²) in [6, 6.07) is 6.12. The molecule has 3 rings (SSSR count). The fraction of sp³-hybridized carbons (Fsp3) is 0.294. The molecule has 1 fully saturated rings. The molecule has 1 unspecified atom stereocenters. The molecule has 11 heteroatoms. The number of nitrogens with zero attached hydrogens (tertiary/aromatic N) is 4. The highest BCUT2D eigenvalue weighted by Crippen LogP contribution is 2.30. The van der Waals surface area contributed by atoms with Gasteiger partial charge in [-0.2, -0.15) is 5.21 Å². The second-order valence-electron chi connectivity index (χ2n) is 6.50. The first-order valence-electron chi connectivity index (χ1n) is 8.35. The van der Waals surface area contributed by atoms with E-state index in [0.717, 1.165) is 10.5 Å². The first-order valence-corrected chi connectivity index (χ1v) is 8.35. The lowest BCUT2D eigenvalue weighted by Crippen LogP contribution is -2.42. The van der Waals surface area contributed by atoms with E-state index >= 15 is 0 Å². The van der Waals surface area contributed by atoms with Crippen molar-refractivity contribution < 1.29 is 19.1 Å². The number of benzene rings is 1. The van der Waals surface area contributed by atoms with Gasteiger partial charge in [-0.3, -0.25) is 19.8 Å². The standard InChI is InChI=1S/C17H19N7O4/c1-10(2)9-28-12-6-4-11(5-7-12)17(3)14(26)24(16(27)19-17)8-13(25)18-15-20-22-23-21-15/h4-7H,1,8-9H2,2-3H3,(H,19,27)(H2,18,20,21,22,23,25). The van der Waals surface area contributed by atoms with Gasteiger partial charge in [-0.05, 0) is 42.3 Å². The van der Waals surface area contributed by atoms with Crippen molar-refractivity contribution in [3.8, 4) is 5.75 Å². The molecule has 1 saturated heterocycles. The number of anilines is 1. The third-order valence-electron chi connectivity index (χ3n) is 4.09. The van der Waals surface area contributed by atoms with Gasteiger partial charge in [0, 0.05) is 0 Å². The fourth-order valence-corrected chi connectivity index (χ4v) is 2.65. The van der Waals surface area contributed by atoms with Crippen molar-refractivity contribution in [1.29, 1.82) is 0 Å². The maximum Gasteiger partial charge on any atom is 0.325 e. The maximum absolute atomic E-state index is 12.8. The average molecular weight is 385 g/mol. The van der Waals surface area contributed by atoms with Gasteiger partial charge in [-0.25, -0.2) is 4.79 Å². The van der Waals surface area contributed by atoms with Crippen molar-refractivity contribution in [2.75, 3.05) is 18.5 Å². The van der Waals surface area contributed by atoms with E-state index in [0.29, 0.717) is 17.9 Å². The number of urea groups is 1. The van der Waals surface area contributed by atoms with Crippen LogP contribution in [-0.2, 0) is 15.1 Å². The van der Waals surface area contributed by atoms with Crippen LogP contribution >= 0.6 is 0 Å². The van der Waals surface area contributed by atoms with Gasteiger partial charge in [0.05, 0.1) is 0 Å². The zero-order valence-corrected chi connectivity index (χ0v) is 15.4. The first-order chi connectivity index (χ1) is 13.3. The quantitative estimate of drug-likeness (QED) is 0.467. The fourth-order valence-electron chi connectivity index (χ4n) is 2.65. The Morgan fingerprint density at radius 3 is 2.64 bits per heavy atom. The highest BCUT2D eigenvalue weighted by atomic mass is 16.5. The Bertz CT molecular complexity index is 910. The van der Waals surface area contributed by atoms with Gasteiger partial charge in [-0.15, -0.1) is 5.10 Å². The van der Waals surface area contributed by atoms with Crippen LogP contribution in [0.2, 0.25) is 0 Å². The van der Waals surface area contributed by atoms with Gasteiger partial charge >= 0.3 is 6.03 Å². The number of imide groups is 1. The summed E-state index contributed by atoms with van der Waals surface area (Å²) >= 11 is 0. The van der Waals surface area contributed by atoms with E-state index in [-0.39, 0.29) is 5.95 Å². The third kappa shape index (κ3) is 3.82. The minimum atomic E-state index is -1.30. The molecule has 3 N–H and O–H groups in total. The highest BCUT2D eigenvalue weighted by Gasteiger charge is 2.49. The van der Waals surface area contributed by atoms with E-state index < -0.39 is 29.9 Å². The Kier molecular flexibility index (Phi) is 5.07. The van der Waals surface area contributed by atoms with E-state index in [1.54, 1.807) is 31.2 Å². The Morgan fingerprint density at radius 1 is 1.32 bits per heavy atom. The molecule has 0 aliphatic carbocycles. The number of rotatable bonds is 7. The SMILES string of the molecule is C=C(C)COc1ccc(C2(C)NC(=O)N(CC(=O)Nc3nn[nH]n3)C2=O)cc1. The molecule has 1 aromatic carbocycles. The topological polar surface area (TPSA) is 142 Å². The second kappa shape index (κ2) is 7.47. The zero-order chi connectivity index (χ0) is 20.3. The van der Waals surface area contributed by atoms with E-state index in [1.807, 2.05) is 6.92 Å². The molecule has 0 saturated carbocycles. The van der Waals surface area contributed by atoms with Crippen LogP contribution in [0.15, 0.2) is 36.4 Å². The molecule has 4 amide bonds. The van der Waals surface area contributed by atoms with Crippen LogP contribution in [0.4, 0.5) is 10.7 Å². The number of nitrogens with one attached hydrogen (secondary N) is 3. The van der Waals surface area contributed by atoms with Crippen LogP contribution in [0.1, 0.15) is 19.4 Å². The smallest absolute Gasteiger partial charge is 0.325 e. The molecule has 1 atom stereocenters. The summed E-state index contributed by atoms with van der Waals surface area (Å²) in [7, 11) is 0.